The smallest absolute Gasteiger partial charge is 0.341 e. The fourth-order valence-electron chi connectivity index (χ4n) is 2.94. The maximum atomic E-state index is 12.8. The Kier molecular flexibility index (Phi) is 5.94. The Morgan fingerprint density at radius 2 is 1.93 bits per heavy atom. The summed E-state index contributed by atoms with van der Waals surface area (Å²) in [6, 6.07) is 17.0. The van der Waals surface area contributed by atoms with Crippen molar-refractivity contribution in [3.63, 3.8) is 0 Å². The number of aromatic nitrogens is 1. The highest BCUT2D eigenvalue weighted by molar-refractivity contribution is 7.98. The molecule has 0 N–H and O–H groups in total. The minimum absolute atomic E-state index is 0.0394. The van der Waals surface area contributed by atoms with Crippen molar-refractivity contribution in [1.82, 2.24) is 4.40 Å². The number of hydrogen-bond acceptors (Lipinski definition) is 5. The molecule has 3 rings (SSSR count). The van der Waals surface area contributed by atoms with E-state index in [4.69, 9.17) is 4.74 Å². The van der Waals surface area contributed by atoms with Gasteiger partial charge in [-0.1, -0.05) is 36.4 Å². The van der Waals surface area contributed by atoms with Crippen molar-refractivity contribution in [2.24, 2.45) is 0 Å². The molecule has 0 aliphatic heterocycles. The van der Waals surface area contributed by atoms with E-state index in [9.17, 15) is 14.9 Å². The number of aryl methyl sites for hydroxylation is 1. The molecule has 0 saturated heterocycles. The van der Waals surface area contributed by atoms with Gasteiger partial charge in [0.1, 0.15) is 11.6 Å². The van der Waals surface area contributed by atoms with Crippen LogP contribution in [0.3, 0.4) is 0 Å². The Hall–Kier alpha value is -3.04. The zero-order valence-corrected chi connectivity index (χ0v) is 15.7. The Labute approximate surface area is 161 Å². The molecule has 0 aliphatic rings. The van der Waals surface area contributed by atoms with Crippen LogP contribution in [0.4, 0.5) is 0 Å². The normalized spacial score (nSPS) is 10.5. The van der Waals surface area contributed by atoms with Crippen LogP contribution < -0.4 is 5.56 Å². The maximum absolute atomic E-state index is 12.8. The molecule has 0 amide bonds. The summed E-state index contributed by atoms with van der Waals surface area (Å²) in [5.41, 5.74) is 1.42. The molecular formula is C21H18N2O3S. The lowest BCUT2D eigenvalue weighted by Crippen LogP contribution is -2.22. The molecule has 0 unspecified atom stereocenters. The average Bonchev–Trinajstić information content (AvgIpc) is 2.71. The van der Waals surface area contributed by atoms with Gasteiger partial charge in [-0.2, -0.15) is 5.26 Å². The Balaban J connectivity index is 1.86. The summed E-state index contributed by atoms with van der Waals surface area (Å²) in [6.07, 6.45) is 4.79. The molecule has 0 atom stereocenters. The molecular weight excluding hydrogens is 360 g/mol. The molecule has 3 aromatic rings. The molecule has 0 aliphatic carbocycles. The van der Waals surface area contributed by atoms with Crippen LogP contribution in [0.25, 0.3) is 5.52 Å². The van der Waals surface area contributed by atoms with Crippen molar-refractivity contribution in [1.29, 1.82) is 5.26 Å². The monoisotopic (exact) mass is 378 g/mol. The number of rotatable bonds is 6. The molecule has 0 radical (unpaired) electrons. The average molecular weight is 378 g/mol. The highest BCUT2D eigenvalue weighted by Gasteiger charge is 2.23. The van der Waals surface area contributed by atoms with E-state index in [2.05, 4.69) is 0 Å². The van der Waals surface area contributed by atoms with Gasteiger partial charge >= 0.3 is 5.97 Å². The number of thioether (sulfide) groups is 1. The van der Waals surface area contributed by atoms with Crippen molar-refractivity contribution in [2.75, 3.05) is 12.9 Å². The van der Waals surface area contributed by atoms with E-state index in [0.29, 0.717) is 16.8 Å². The summed E-state index contributed by atoms with van der Waals surface area (Å²) in [5, 5.41) is 9.41. The van der Waals surface area contributed by atoms with E-state index >= 15 is 0 Å². The minimum Gasteiger partial charge on any atom is -0.462 e. The quantitative estimate of drug-likeness (QED) is 0.372. The zero-order valence-electron chi connectivity index (χ0n) is 14.8. The van der Waals surface area contributed by atoms with Gasteiger partial charge in [0.15, 0.2) is 0 Å². The lowest BCUT2D eigenvalue weighted by Gasteiger charge is -2.13. The van der Waals surface area contributed by atoms with Gasteiger partial charge in [-0.25, -0.2) is 4.79 Å². The summed E-state index contributed by atoms with van der Waals surface area (Å²) < 4.78 is 6.78. The highest BCUT2D eigenvalue weighted by atomic mass is 32.2. The lowest BCUT2D eigenvalue weighted by molar-refractivity contribution is 0.0498. The van der Waals surface area contributed by atoms with E-state index in [-0.39, 0.29) is 17.7 Å². The lowest BCUT2D eigenvalue weighted by atomic mass is 10.1. The molecule has 0 saturated carbocycles. The largest absolute Gasteiger partial charge is 0.462 e. The molecule has 2 aromatic heterocycles. The predicted octanol–water partition coefficient (Wildman–Crippen LogP) is 3.68. The van der Waals surface area contributed by atoms with Crippen LogP contribution in [-0.2, 0) is 11.2 Å². The number of carbonyl (C=O) groups excluding carboxylic acids is 1. The van der Waals surface area contributed by atoms with E-state index in [0.717, 1.165) is 6.42 Å². The van der Waals surface area contributed by atoms with Gasteiger partial charge < -0.3 is 4.74 Å². The number of hydrogen-bond donors (Lipinski definition) is 0. The highest BCUT2D eigenvalue weighted by Crippen LogP contribution is 2.27. The summed E-state index contributed by atoms with van der Waals surface area (Å²) >= 11 is 1.20. The van der Waals surface area contributed by atoms with Crippen LogP contribution in [0.2, 0.25) is 0 Å². The van der Waals surface area contributed by atoms with Crippen LogP contribution in [0.1, 0.15) is 27.9 Å². The molecule has 0 bridgehead atoms. The van der Waals surface area contributed by atoms with Crippen LogP contribution >= 0.6 is 11.8 Å². The number of pyridine rings is 2. The fraction of sp³-hybridized carbons (Fsp3) is 0.190. The number of ether oxygens (including phenoxy) is 1. The first-order valence-corrected chi connectivity index (χ1v) is 9.72. The summed E-state index contributed by atoms with van der Waals surface area (Å²) in [7, 11) is 0. The maximum Gasteiger partial charge on any atom is 0.341 e. The van der Waals surface area contributed by atoms with Gasteiger partial charge in [0, 0.05) is 11.1 Å². The standard InChI is InChI=1S/C21H18N2O3S/c1-27-19-16(14-22)20(24)23-12-6-5-11-17(23)18(19)21(25)26-13-7-10-15-8-3-2-4-9-15/h2-6,8-9,11-12H,7,10,13H2,1H3. The van der Waals surface area contributed by atoms with E-state index < -0.39 is 11.5 Å². The Morgan fingerprint density at radius 1 is 1.19 bits per heavy atom. The number of esters is 1. The number of fused-ring (bicyclic) bond motifs is 1. The van der Waals surface area contributed by atoms with Gasteiger partial charge in [0.05, 0.1) is 17.7 Å². The third-order valence-corrected chi connectivity index (χ3v) is 5.03. The SMILES string of the molecule is CSc1c(C#N)c(=O)n2ccccc2c1C(=O)OCCCc1ccccc1. The first-order valence-electron chi connectivity index (χ1n) is 8.50. The molecule has 1 aromatic carbocycles. The first kappa shape index (κ1) is 18.7. The molecule has 0 fully saturated rings. The van der Waals surface area contributed by atoms with Crippen molar-refractivity contribution >= 4 is 23.2 Å². The minimum atomic E-state index is -0.521. The van der Waals surface area contributed by atoms with Gasteiger partial charge in [0.2, 0.25) is 0 Å². The van der Waals surface area contributed by atoms with Crippen LogP contribution in [-0.4, -0.2) is 23.2 Å². The predicted molar refractivity (Wildman–Crippen MR) is 105 cm³/mol. The summed E-state index contributed by atoms with van der Waals surface area (Å²) in [4.78, 5) is 25.6. The van der Waals surface area contributed by atoms with Crippen molar-refractivity contribution in [3.8, 4) is 6.07 Å². The third kappa shape index (κ3) is 3.88. The van der Waals surface area contributed by atoms with Crippen LogP contribution in [0.5, 0.6) is 0 Å². The van der Waals surface area contributed by atoms with Crippen molar-refractivity contribution in [3.05, 3.63) is 81.8 Å². The Bertz CT molecular complexity index is 1070. The number of nitrogens with zero attached hydrogens (tertiary/aromatic N) is 2. The molecule has 6 heteroatoms. The number of nitriles is 1. The zero-order chi connectivity index (χ0) is 19.2. The topological polar surface area (TPSA) is 71.6 Å². The second-order valence-electron chi connectivity index (χ2n) is 5.88. The molecule has 27 heavy (non-hydrogen) atoms. The second-order valence-corrected chi connectivity index (χ2v) is 6.70. The molecule has 5 nitrogen and oxygen atoms in total. The van der Waals surface area contributed by atoms with Gasteiger partial charge in [-0.15, -0.1) is 11.8 Å². The second kappa shape index (κ2) is 8.56. The number of benzene rings is 1. The number of carbonyl (C=O) groups is 1. The summed E-state index contributed by atoms with van der Waals surface area (Å²) in [6.45, 7) is 0.265. The molecule has 2 heterocycles. The molecule has 0 spiro atoms. The first-order chi connectivity index (χ1) is 13.2. The van der Waals surface area contributed by atoms with Crippen molar-refractivity contribution in [2.45, 2.75) is 17.7 Å². The fourth-order valence-corrected chi connectivity index (χ4v) is 3.67. The summed E-state index contributed by atoms with van der Waals surface area (Å²) in [5.74, 6) is -0.521. The van der Waals surface area contributed by atoms with E-state index in [1.165, 1.54) is 21.7 Å². The van der Waals surface area contributed by atoms with E-state index in [1.807, 2.05) is 36.4 Å². The third-order valence-electron chi connectivity index (χ3n) is 4.21. The van der Waals surface area contributed by atoms with Crippen molar-refractivity contribution < 1.29 is 9.53 Å². The molecule has 136 valence electrons. The van der Waals surface area contributed by atoms with E-state index in [1.54, 1.807) is 30.7 Å². The van der Waals surface area contributed by atoms with Crippen LogP contribution in [0, 0.1) is 11.3 Å². The van der Waals surface area contributed by atoms with Crippen LogP contribution in [0.15, 0.2) is 64.4 Å². The van der Waals surface area contributed by atoms with Gasteiger partial charge in [-0.3, -0.25) is 9.20 Å². The Morgan fingerprint density at radius 3 is 2.63 bits per heavy atom. The van der Waals surface area contributed by atoms with Gasteiger partial charge in [0.25, 0.3) is 5.56 Å². The van der Waals surface area contributed by atoms with Gasteiger partial charge in [-0.05, 0) is 36.8 Å².